The molecule has 22 heavy (non-hydrogen) atoms. The molecule has 2 bridgehead atoms. The topological polar surface area (TPSA) is 63.1 Å². The lowest BCUT2D eigenvalue weighted by atomic mass is 9.64. The number of fused-ring (bicyclic) bond motifs is 6. The molecule has 5 heteroatoms. The highest BCUT2D eigenvalue weighted by molar-refractivity contribution is 9.09. The van der Waals surface area contributed by atoms with Crippen molar-refractivity contribution in [1.29, 1.82) is 0 Å². The first-order valence-electron chi connectivity index (χ1n) is 7.48. The summed E-state index contributed by atoms with van der Waals surface area (Å²) in [5, 5.41) is 10.8. The minimum Gasteiger partial charge on any atom is -0.481 e. The number of aromatic nitrogens is 2. The molecule has 0 amide bonds. The molecule has 2 aliphatic rings. The van der Waals surface area contributed by atoms with Gasteiger partial charge in [-0.3, -0.25) is 4.79 Å². The standard InChI is InChI=1S/C17H17BrN2O2/c1-15(2)16(9-18)7-8-17(15,14(21)22)13-12(16)19-10-5-3-4-6-11(10)20-13/h3-6H,7-9H2,1-2H3,(H,21,22). The zero-order valence-corrected chi connectivity index (χ0v) is 14.1. The third-order valence-electron chi connectivity index (χ3n) is 6.21. The molecule has 1 fully saturated rings. The van der Waals surface area contributed by atoms with E-state index in [-0.39, 0.29) is 5.41 Å². The number of hydrogen-bond acceptors (Lipinski definition) is 3. The molecule has 0 aliphatic heterocycles. The number of carbonyl (C=O) groups is 1. The quantitative estimate of drug-likeness (QED) is 0.833. The Morgan fingerprint density at radius 1 is 1.18 bits per heavy atom. The van der Waals surface area contributed by atoms with Crippen LogP contribution in [0, 0.1) is 5.41 Å². The van der Waals surface area contributed by atoms with Gasteiger partial charge < -0.3 is 5.11 Å². The maximum absolute atomic E-state index is 12.3. The van der Waals surface area contributed by atoms with Crippen molar-refractivity contribution in [3.63, 3.8) is 0 Å². The van der Waals surface area contributed by atoms with Crippen LogP contribution in [0.4, 0.5) is 0 Å². The number of rotatable bonds is 2. The van der Waals surface area contributed by atoms with Crippen LogP contribution in [0.3, 0.4) is 0 Å². The van der Waals surface area contributed by atoms with E-state index in [0.29, 0.717) is 17.4 Å². The first kappa shape index (κ1) is 14.1. The summed E-state index contributed by atoms with van der Waals surface area (Å²) in [6, 6.07) is 7.69. The minimum absolute atomic E-state index is 0.266. The fourth-order valence-electron chi connectivity index (χ4n) is 4.67. The van der Waals surface area contributed by atoms with Crippen LogP contribution in [-0.2, 0) is 15.6 Å². The van der Waals surface area contributed by atoms with Crippen molar-refractivity contribution < 1.29 is 9.90 Å². The van der Waals surface area contributed by atoms with E-state index >= 15 is 0 Å². The highest BCUT2D eigenvalue weighted by atomic mass is 79.9. The molecular formula is C17H17BrN2O2. The van der Waals surface area contributed by atoms with Crippen LogP contribution in [0.5, 0.6) is 0 Å². The van der Waals surface area contributed by atoms with Crippen LogP contribution in [0.2, 0.25) is 0 Å². The van der Waals surface area contributed by atoms with Crippen LogP contribution in [0.25, 0.3) is 11.0 Å². The van der Waals surface area contributed by atoms with Crippen LogP contribution in [0.1, 0.15) is 38.1 Å². The summed E-state index contributed by atoms with van der Waals surface area (Å²) < 4.78 is 0. The summed E-state index contributed by atoms with van der Waals surface area (Å²) in [6.07, 6.45) is 1.46. The summed E-state index contributed by atoms with van der Waals surface area (Å²) in [6.45, 7) is 4.12. The predicted octanol–water partition coefficient (Wildman–Crippen LogP) is 3.42. The number of carboxylic acids is 1. The number of halogens is 1. The van der Waals surface area contributed by atoms with Gasteiger partial charge in [0.2, 0.25) is 0 Å². The van der Waals surface area contributed by atoms with Gasteiger partial charge in [-0.1, -0.05) is 41.9 Å². The SMILES string of the molecule is CC1(C)C2(CBr)CCC1(C(=O)O)c1nc3ccccc3nc12. The molecule has 0 radical (unpaired) electrons. The Labute approximate surface area is 137 Å². The molecular weight excluding hydrogens is 344 g/mol. The van der Waals surface area contributed by atoms with Gasteiger partial charge >= 0.3 is 5.97 Å². The van der Waals surface area contributed by atoms with Crippen molar-refractivity contribution in [2.75, 3.05) is 5.33 Å². The van der Waals surface area contributed by atoms with E-state index in [4.69, 9.17) is 9.97 Å². The van der Waals surface area contributed by atoms with Gasteiger partial charge in [0.25, 0.3) is 0 Å². The highest BCUT2D eigenvalue weighted by Gasteiger charge is 2.74. The summed E-state index contributed by atoms with van der Waals surface area (Å²) in [4.78, 5) is 21.9. The number of nitrogens with zero attached hydrogens (tertiary/aromatic N) is 2. The number of alkyl halides is 1. The van der Waals surface area contributed by atoms with Crippen molar-refractivity contribution in [2.24, 2.45) is 5.41 Å². The fraction of sp³-hybridized carbons (Fsp3) is 0.471. The Morgan fingerprint density at radius 3 is 2.32 bits per heavy atom. The molecule has 1 aromatic carbocycles. The van der Waals surface area contributed by atoms with Crippen molar-refractivity contribution in [3.8, 4) is 0 Å². The Bertz CT molecular complexity index is 819. The van der Waals surface area contributed by atoms with E-state index in [1.54, 1.807) is 0 Å². The van der Waals surface area contributed by atoms with Crippen molar-refractivity contribution in [2.45, 2.75) is 37.5 Å². The molecule has 2 aromatic rings. The maximum atomic E-state index is 12.3. The van der Waals surface area contributed by atoms with Crippen molar-refractivity contribution >= 4 is 32.9 Å². The lowest BCUT2D eigenvalue weighted by Gasteiger charge is -2.39. The molecule has 0 spiro atoms. The molecule has 2 unspecified atom stereocenters. The Morgan fingerprint density at radius 2 is 1.77 bits per heavy atom. The first-order chi connectivity index (χ1) is 10.4. The van der Waals surface area contributed by atoms with Crippen LogP contribution >= 0.6 is 15.9 Å². The molecule has 4 rings (SSSR count). The zero-order valence-electron chi connectivity index (χ0n) is 12.6. The summed E-state index contributed by atoms with van der Waals surface area (Å²) in [5.41, 5.74) is 1.54. The maximum Gasteiger partial charge on any atom is 0.316 e. The summed E-state index contributed by atoms with van der Waals surface area (Å²) in [5.74, 6) is -0.774. The summed E-state index contributed by atoms with van der Waals surface area (Å²) >= 11 is 3.64. The Balaban J connectivity index is 2.15. The second kappa shape index (κ2) is 4.07. The molecule has 1 N–H and O–H groups in total. The van der Waals surface area contributed by atoms with E-state index in [2.05, 4.69) is 29.8 Å². The molecule has 0 saturated heterocycles. The van der Waals surface area contributed by atoms with Gasteiger partial charge in [0.05, 0.1) is 22.4 Å². The molecule has 1 aromatic heterocycles. The Hall–Kier alpha value is -1.49. The van der Waals surface area contributed by atoms with Gasteiger partial charge in [0, 0.05) is 10.7 Å². The molecule has 114 valence electrons. The molecule has 2 aliphatic carbocycles. The van der Waals surface area contributed by atoms with Gasteiger partial charge in [-0.05, 0) is 30.4 Å². The van der Waals surface area contributed by atoms with Gasteiger partial charge in [0.1, 0.15) is 5.41 Å². The number of para-hydroxylation sites is 2. The lowest BCUT2D eigenvalue weighted by molar-refractivity contribution is -0.148. The lowest BCUT2D eigenvalue weighted by Crippen LogP contribution is -2.47. The first-order valence-corrected chi connectivity index (χ1v) is 8.60. The average Bonchev–Trinajstić information content (AvgIpc) is 2.83. The average molecular weight is 361 g/mol. The zero-order chi connectivity index (χ0) is 15.8. The van der Waals surface area contributed by atoms with E-state index < -0.39 is 16.8 Å². The van der Waals surface area contributed by atoms with Gasteiger partial charge in [0.15, 0.2) is 0 Å². The minimum atomic E-state index is -0.937. The monoisotopic (exact) mass is 360 g/mol. The number of hydrogen-bond donors (Lipinski definition) is 1. The van der Waals surface area contributed by atoms with Gasteiger partial charge in [-0.15, -0.1) is 0 Å². The van der Waals surface area contributed by atoms with Crippen LogP contribution in [0.15, 0.2) is 24.3 Å². The van der Waals surface area contributed by atoms with Gasteiger partial charge in [-0.2, -0.15) is 0 Å². The number of benzene rings is 1. The van der Waals surface area contributed by atoms with Crippen molar-refractivity contribution in [1.82, 2.24) is 9.97 Å². The normalized spacial score (nSPS) is 31.4. The molecule has 1 saturated carbocycles. The van der Waals surface area contributed by atoms with E-state index in [1.165, 1.54) is 0 Å². The highest BCUT2D eigenvalue weighted by Crippen LogP contribution is 2.70. The van der Waals surface area contributed by atoms with Gasteiger partial charge in [-0.25, -0.2) is 9.97 Å². The molecule has 2 atom stereocenters. The second-order valence-corrected chi connectivity index (χ2v) is 7.52. The third kappa shape index (κ3) is 1.25. The Kier molecular flexibility index (Phi) is 2.62. The number of carboxylic acid groups (broad SMARTS) is 1. The predicted molar refractivity (Wildman–Crippen MR) is 87.3 cm³/mol. The van der Waals surface area contributed by atoms with Crippen LogP contribution in [-0.4, -0.2) is 26.4 Å². The van der Waals surface area contributed by atoms with E-state index in [0.717, 1.165) is 23.1 Å². The van der Waals surface area contributed by atoms with Crippen molar-refractivity contribution in [3.05, 3.63) is 35.7 Å². The third-order valence-corrected chi connectivity index (χ3v) is 7.17. The van der Waals surface area contributed by atoms with E-state index in [9.17, 15) is 9.90 Å². The fourth-order valence-corrected chi connectivity index (χ4v) is 5.91. The largest absolute Gasteiger partial charge is 0.481 e. The molecule has 4 nitrogen and oxygen atoms in total. The smallest absolute Gasteiger partial charge is 0.316 e. The molecule has 1 heterocycles. The second-order valence-electron chi connectivity index (χ2n) is 6.96. The van der Waals surface area contributed by atoms with Crippen LogP contribution < -0.4 is 0 Å². The van der Waals surface area contributed by atoms with E-state index in [1.807, 2.05) is 24.3 Å². The summed E-state index contributed by atoms with van der Waals surface area (Å²) in [7, 11) is 0. The number of aliphatic carboxylic acids is 1.